The predicted octanol–water partition coefficient (Wildman–Crippen LogP) is 1.59. The van der Waals surface area contributed by atoms with Crippen LogP contribution in [0.5, 0.6) is 0 Å². The van der Waals surface area contributed by atoms with Gasteiger partial charge in [0, 0.05) is 24.7 Å². The van der Waals surface area contributed by atoms with E-state index in [9.17, 15) is 0 Å². The highest BCUT2D eigenvalue weighted by Gasteiger charge is 2.44. The highest BCUT2D eigenvalue weighted by molar-refractivity contribution is 5.37. The zero-order chi connectivity index (χ0) is 13.3. The third-order valence-electron chi connectivity index (χ3n) is 4.85. The SMILES string of the molecule is CCC1COCCN1C1(CN)Cc2ccccc2C1. The Morgan fingerprint density at radius 2 is 2.00 bits per heavy atom. The number of morpholine rings is 1. The minimum absolute atomic E-state index is 0.119. The average Bonchev–Trinajstić information content (AvgIpc) is 2.87. The summed E-state index contributed by atoms with van der Waals surface area (Å²) >= 11 is 0. The van der Waals surface area contributed by atoms with Crippen molar-refractivity contribution in [2.75, 3.05) is 26.3 Å². The van der Waals surface area contributed by atoms with E-state index in [0.717, 1.165) is 45.6 Å². The summed E-state index contributed by atoms with van der Waals surface area (Å²) in [6.45, 7) is 5.70. The van der Waals surface area contributed by atoms with Gasteiger partial charge in [-0.15, -0.1) is 0 Å². The van der Waals surface area contributed by atoms with E-state index in [-0.39, 0.29) is 5.54 Å². The average molecular weight is 260 g/mol. The number of ether oxygens (including phenoxy) is 1. The molecule has 1 unspecified atom stereocenters. The van der Waals surface area contributed by atoms with E-state index in [1.165, 1.54) is 11.1 Å². The summed E-state index contributed by atoms with van der Waals surface area (Å²) in [4.78, 5) is 2.64. The lowest BCUT2D eigenvalue weighted by atomic mass is 9.90. The quantitative estimate of drug-likeness (QED) is 0.897. The first-order chi connectivity index (χ1) is 9.29. The van der Waals surface area contributed by atoms with Gasteiger partial charge in [0.15, 0.2) is 0 Å². The molecule has 0 amide bonds. The lowest BCUT2D eigenvalue weighted by Crippen LogP contribution is -2.62. The second kappa shape index (κ2) is 5.23. The Bertz CT molecular complexity index is 421. The zero-order valence-electron chi connectivity index (χ0n) is 11.8. The Labute approximate surface area is 115 Å². The number of hydrogen-bond donors (Lipinski definition) is 1. The minimum Gasteiger partial charge on any atom is -0.378 e. The topological polar surface area (TPSA) is 38.5 Å². The molecule has 0 spiro atoms. The molecule has 2 aliphatic rings. The third-order valence-corrected chi connectivity index (χ3v) is 4.85. The van der Waals surface area contributed by atoms with Crippen LogP contribution in [0.4, 0.5) is 0 Å². The molecular weight excluding hydrogens is 236 g/mol. The molecular formula is C16H24N2O. The number of fused-ring (bicyclic) bond motifs is 1. The molecule has 1 saturated heterocycles. The molecule has 0 bridgehead atoms. The van der Waals surface area contributed by atoms with Gasteiger partial charge in [0.2, 0.25) is 0 Å². The van der Waals surface area contributed by atoms with E-state index in [4.69, 9.17) is 10.5 Å². The predicted molar refractivity (Wildman–Crippen MR) is 77.2 cm³/mol. The lowest BCUT2D eigenvalue weighted by Gasteiger charge is -2.47. The van der Waals surface area contributed by atoms with Gasteiger partial charge in [-0.1, -0.05) is 31.2 Å². The third kappa shape index (κ3) is 2.20. The fourth-order valence-electron chi connectivity index (χ4n) is 3.76. The Morgan fingerprint density at radius 1 is 1.32 bits per heavy atom. The Balaban J connectivity index is 1.89. The molecule has 3 heteroatoms. The van der Waals surface area contributed by atoms with E-state index >= 15 is 0 Å². The second-order valence-electron chi connectivity index (χ2n) is 5.88. The molecule has 0 aromatic heterocycles. The van der Waals surface area contributed by atoms with E-state index < -0.39 is 0 Å². The zero-order valence-corrected chi connectivity index (χ0v) is 11.8. The Kier molecular flexibility index (Phi) is 3.61. The van der Waals surface area contributed by atoms with Gasteiger partial charge >= 0.3 is 0 Å². The summed E-state index contributed by atoms with van der Waals surface area (Å²) in [5.74, 6) is 0. The maximum absolute atomic E-state index is 6.21. The first-order valence-corrected chi connectivity index (χ1v) is 7.40. The summed E-state index contributed by atoms with van der Waals surface area (Å²) in [7, 11) is 0. The van der Waals surface area contributed by atoms with Gasteiger partial charge in [-0.25, -0.2) is 0 Å². The van der Waals surface area contributed by atoms with Crippen LogP contribution >= 0.6 is 0 Å². The van der Waals surface area contributed by atoms with E-state index in [0.29, 0.717) is 6.04 Å². The molecule has 1 aromatic rings. The molecule has 1 atom stereocenters. The number of hydrogen-bond acceptors (Lipinski definition) is 3. The van der Waals surface area contributed by atoms with Crippen LogP contribution in [0.15, 0.2) is 24.3 Å². The maximum Gasteiger partial charge on any atom is 0.0622 e. The number of rotatable bonds is 3. The van der Waals surface area contributed by atoms with Gasteiger partial charge in [-0.05, 0) is 30.4 Å². The van der Waals surface area contributed by atoms with Crippen molar-refractivity contribution >= 4 is 0 Å². The maximum atomic E-state index is 6.21. The van der Waals surface area contributed by atoms with E-state index in [1.807, 2.05) is 0 Å². The summed E-state index contributed by atoms with van der Waals surface area (Å²) in [6, 6.07) is 9.32. The fourth-order valence-corrected chi connectivity index (χ4v) is 3.76. The summed E-state index contributed by atoms with van der Waals surface area (Å²) in [6.07, 6.45) is 3.32. The molecule has 104 valence electrons. The lowest BCUT2D eigenvalue weighted by molar-refractivity contribution is -0.0610. The van der Waals surface area contributed by atoms with Gasteiger partial charge in [-0.3, -0.25) is 4.90 Å². The normalized spacial score (nSPS) is 26.3. The molecule has 1 aromatic carbocycles. The van der Waals surface area contributed by atoms with Crippen LogP contribution in [0, 0.1) is 0 Å². The monoisotopic (exact) mass is 260 g/mol. The van der Waals surface area contributed by atoms with Crippen molar-refractivity contribution in [3.63, 3.8) is 0 Å². The first kappa shape index (κ1) is 13.1. The summed E-state index contributed by atoms with van der Waals surface area (Å²) in [5.41, 5.74) is 9.29. The highest BCUT2D eigenvalue weighted by Crippen LogP contribution is 2.36. The van der Waals surface area contributed by atoms with Crippen molar-refractivity contribution in [3.8, 4) is 0 Å². The molecule has 3 nitrogen and oxygen atoms in total. The van der Waals surface area contributed by atoms with Crippen LogP contribution in [0.2, 0.25) is 0 Å². The standard InChI is InChI=1S/C16H24N2O/c1-2-15-11-19-8-7-18(15)16(12-17)9-13-5-3-4-6-14(13)10-16/h3-6,15H,2,7-12,17H2,1H3. The Hall–Kier alpha value is -0.900. The van der Waals surface area contributed by atoms with Crippen molar-refractivity contribution < 1.29 is 4.74 Å². The van der Waals surface area contributed by atoms with Gasteiger partial charge in [-0.2, -0.15) is 0 Å². The molecule has 0 saturated carbocycles. The van der Waals surface area contributed by atoms with Gasteiger partial charge in [0.05, 0.1) is 13.2 Å². The number of benzene rings is 1. The molecule has 1 aliphatic heterocycles. The molecule has 1 fully saturated rings. The van der Waals surface area contributed by atoms with Gasteiger partial charge < -0.3 is 10.5 Å². The van der Waals surface area contributed by atoms with Crippen LogP contribution in [0.25, 0.3) is 0 Å². The molecule has 1 aliphatic carbocycles. The number of nitrogens with zero attached hydrogens (tertiary/aromatic N) is 1. The molecule has 19 heavy (non-hydrogen) atoms. The van der Waals surface area contributed by atoms with Crippen molar-refractivity contribution in [1.82, 2.24) is 4.90 Å². The van der Waals surface area contributed by atoms with Crippen molar-refractivity contribution in [1.29, 1.82) is 0 Å². The summed E-state index contributed by atoms with van der Waals surface area (Å²) in [5, 5.41) is 0. The van der Waals surface area contributed by atoms with Gasteiger partial charge in [0.1, 0.15) is 0 Å². The van der Waals surface area contributed by atoms with Gasteiger partial charge in [0.25, 0.3) is 0 Å². The van der Waals surface area contributed by atoms with Crippen LogP contribution in [0.3, 0.4) is 0 Å². The molecule has 3 rings (SSSR count). The summed E-state index contributed by atoms with van der Waals surface area (Å²) < 4.78 is 5.65. The van der Waals surface area contributed by atoms with E-state index in [2.05, 4.69) is 36.1 Å². The van der Waals surface area contributed by atoms with Crippen LogP contribution in [-0.4, -0.2) is 42.8 Å². The van der Waals surface area contributed by atoms with Crippen molar-refractivity contribution in [3.05, 3.63) is 35.4 Å². The van der Waals surface area contributed by atoms with Crippen LogP contribution in [-0.2, 0) is 17.6 Å². The van der Waals surface area contributed by atoms with E-state index in [1.54, 1.807) is 0 Å². The first-order valence-electron chi connectivity index (χ1n) is 7.40. The number of nitrogens with two attached hydrogens (primary N) is 1. The van der Waals surface area contributed by atoms with Crippen LogP contribution < -0.4 is 5.73 Å². The molecule has 0 radical (unpaired) electrons. The highest BCUT2D eigenvalue weighted by atomic mass is 16.5. The van der Waals surface area contributed by atoms with Crippen LogP contribution in [0.1, 0.15) is 24.5 Å². The fraction of sp³-hybridized carbons (Fsp3) is 0.625. The molecule has 1 heterocycles. The smallest absolute Gasteiger partial charge is 0.0622 e. The second-order valence-corrected chi connectivity index (χ2v) is 5.88. The minimum atomic E-state index is 0.119. The van der Waals surface area contributed by atoms with Crippen molar-refractivity contribution in [2.24, 2.45) is 5.73 Å². The van der Waals surface area contributed by atoms with Crippen molar-refractivity contribution in [2.45, 2.75) is 37.8 Å². The Morgan fingerprint density at radius 3 is 2.58 bits per heavy atom. The largest absolute Gasteiger partial charge is 0.378 e. The molecule has 2 N–H and O–H groups in total.